The minimum Gasteiger partial charge on any atom is -0.468 e. The van der Waals surface area contributed by atoms with Gasteiger partial charge in [-0.25, -0.2) is 8.42 Å². The van der Waals surface area contributed by atoms with Crippen LogP contribution >= 0.6 is 46.3 Å². The summed E-state index contributed by atoms with van der Waals surface area (Å²) in [7, 11) is -2.90. The van der Waals surface area contributed by atoms with Gasteiger partial charge in [-0.1, -0.05) is 64.0 Å². The van der Waals surface area contributed by atoms with E-state index in [1.54, 1.807) is 12.1 Å². The van der Waals surface area contributed by atoms with Crippen LogP contribution in [0.1, 0.15) is 5.56 Å². The molecule has 0 unspecified atom stereocenters. The molecule has 14 heteroatoms. The van der Waals surface area contributed by atoms with Gasteiger partial charge in [0, 0.05) is 5.02 Å². The van der Waals surface area contributed by atoms with Crippen molar-refractivity contribution in [3.05, 3.63) is 58.1 Å². The minimum absolute atomic E-state index is 0.0145. The molecule has 9 nitrogen and oxygen atoms in total. The smallest absolute Gasteiger partial charge is 0.316 e. The highest BCUT2D eigenvalue weighted by Crippen LogP contribution is 2.33. The molecule has 34 heavy (non-hydrogen) atoms. The van der Waals surface area contributed by atoms with E-state index < -0.39 is 28.4 Å². The van der Waals surface area contributed by atoms with Crippen molar-refractivity contribution >= 4 is 79.0 Å². The largest absolute Gasteiger partial charge is 0.468 e. The number of hydrogen-bond donors (Lipinski definition) is 1. The summed E-state index contributed by atoms with van der Waals surface area (Å²) in [6.07, 6.45) is 0. The van der Waals surface area contributed by atoms with Crippen molar-refractivity contribution in [3.8, 4) is 0 Å². The fraction of sp³-hybridized carbons (Fsp3) is 0.200. The van der Waals surface area contributed by atoms with Gasteiger partial charge in [0.15, 0.2) is 4.34 Å². The van der Waals surface area contributed by atoms with E-state index in [0.29, 0.717) is 4.34 Å². The molecule has 2 aromatic carbocycles. The van der Waals surface area contributed by atoms with Crippen molar-refractivity contribution < 1.29 is 22.7 Å². The van der Waals surface area contributed by atoms with Gasteiger partial charge >= 0.3 is 5.97 Å². The Balaban J connectivity index is 1.85. The van der Waals surface area contributed by atoms with Crippen LogP contribution in [-0.4, -0.2) is 49.9 Å². The Hall–Kier alpha value is -2.38. The number of thioether (sulfide) groups is 1. The van der Waals surface area contributed by atoms with Crippen LogP contribution in [-0.2, 0) is 24.3 Å². The number of aromatic nitrogens is 2. The summed E-state index contributed by atoms with van der Waals surface area (Å²) in [6, 6.07) is 10.5. The van der Waals surface area contributed by atoms with Crippen LogP contribution in [0.3, 0.4) is 0 Å². The van der Waals surface area contributed by atoms with Crippen LogP contribution in [0.2, 0.25) is 10.0 Å². The molecule has 3 rings (SSSR count). The number of carbonyl (C=O) groups is 2. The quantitative estimate of drug-likeness (QED) is 0.234. The van der Waals surface area contributed by atoms with E-state index in [4.69, 9.17) is 23.2 Å². The summed E-state index contributed by atoms with van der Waals surface area (Å²) in [5, 5.41) is 10.8. The average molecular weight is 561 g/mol. The summed E-state index contributed by atoms with van der Waals surface area (Å²) >= 11 is 14.5. The standard InChI is InChI=1S/C20H18Cl2N4O5S3/c1-12-3-6-14(7-4-12)34(29,30)26(16-9-13(21)5-8-15(16)22)10-17(27)23-19-24-25-20(33-19)32-11-18(28)31-2/h3-9H,10-11H2,1-2H3,(H,23,24,27). The molecule has 0 aliphatic carbocycles. The van der Waals surface area contributed by atoms with Crippen molar-refractivity contribution in [2.24, 2.45) is 0 Å². The second-order valence-electron chi connectivity index (χ2n) is 6.71. The van der Waals surface area contributed by atoms with Gasteiger partial charge in [0.2, 0.25) is 11.0 Å². The van der Waals surface area contributed by atoms with Gasteiger partial charge in [-0.3, -0.25) is 19.2 Å². The molecule has 0 spiro atoms. The first-order chi connectivity index (χ1) is 16.1. The van der Waals surface area contributed by atoms with Crippen molar-refractivity contribution in [3.63, 3.8) is 0 Å². The molecular formula is C20H18Cl2N4O5S3. The molecule has 1 heterocycles. The summed E-state index contributed by atoms with van der Waals surface area (Å²) < 4.78 is 32.8. The number of rotatable bonds is 9. The summed E-state index contributed by atoms with van der Waals surface area (Å²) in [5.74, 6) is -1.07. The Morgan fingerprint density at radius 3 is 2.53 bits per heavy atom. The normalized spacial score (nSPS) is 11.2. The third kappa shape index (κ3) is 6.60. The van der Waals surface area contributed by atoms with E-state index in [2.05, 4.69) is 20.3 Å². The highest BCUT2D eigenvalue weighted by atomic mass is 35.5. The topological polar surface area (TPSA) is 119 Å². The van der Waals surface area contributed by atoms with Gasteiger partial charge in [-0.2, -0.15) is 0 Å². The zero-order chi connectivity index (χ0) is 24.9. The van der Waals surface area contributed by atoms with Crippen LogP contribution < -0.4 is 9.62 Å². The van der Waals surface area contributed by atoms with Crippen molar-refractivity contribution in [1.29, 1.82) is 0 Å². The second-order valence-corrected chi connectivity index (χ2v) is 11.6. The van der Waals surface area contributed by atoms with Crippen molar-refractivity contribution in [1.82, 2.24) is 10.2 Å². The molecule has 0 radical (unpaired) electrons. The SMILES string of the molecule is COC(=O)CSc1nnc(NC(=O)CN(c2cc(Cl)ccc2Cl)S(=O)(=O)c2ccc(C)cc2)s1. The maximum Gasteiger partial charge on any atom is 0.316 e. The number of esters is 1. The molecule has 0 saturated carbocycles. The molecule has 0 atom stereocenters. The molecule has 180 valence electrons. The number of sulfonamides is 1. The highest BCUT2D eigenvalue weighted by Gasteiger charge is 2.29. The minimum atomic E-state index is -4.17. The Kier molecular flexibility index (Phi) is 8.77. The first-order valence-electron chi connectivity index (χ1n) is 9.47. The second kappa shape index (κ2) is 11.4. The number of aryl methyl sites for hydroxylation is 1. The number of ether oxygens (including phenoxy) is 1. The third-order valence-corrected chi connectivity index (χ3v) is 8.54. The maximum atomic E-state index is 13.4. The van der Waals surface area contributed by atoms with Gasteiger partial charge in [0.25, 0.3) is 10.0 Å². The molecular weight excluding hydrogens is 543 g/mol. The van der Waals surface area contributed by atoms with E-state index in [-0.39, 0.29) is 31.5 Å². The zero-order valence-electron chi connectivity index (χ0n) is 17.8. The lowest BCUT2D eigenvalue weighted by atomic mass is 10.2. The molecule has 0 bridgehead atoms. The number of hydrogen-bond acceptors (Lipinski definition) is 9. The predicted molar refractivity (Wildman–Crippen MR) is 133 cm³/mol. The van der Waals surface area contributed by atoms with Crippen LogP contribution in [0.15, 0.2) is 51.7 Å². The summed E-state index contributed by atoms with van der Waals surface area (Å²) in [4.78, 5) is 24.1. The van der Waals surface area contributed by atoms with Crippen LogP contribution in [0.4, 0.5) is 10.8 Å². The number of carbonyl (C=O) groups excluding carboxylic acids is 2. The fourth-order valence-corrected chi connectivity index (χ4v) is 6.07. The van der Waals surface area contributed by atoms with Gasteiger partial charge in [-0.15, -0.1) is 10.2 Å². The summed E-state index contributed by atoms with van der Waals surface area (Å²) in [6.45, 7) is 1.23. The zero-order valence-corrected chi connectivity index (χ0v) is 21.8. The lowest BCUT2D eigenvalue weighted by molar-refractivity contribution is -0.137. The fourth-order valence-electron chi connectivity index (χ4n) is 2.60. The van der Waals surface area contributed by atoms with Gasteiger partial charge in [0.1, 0.15) is 6.54 Å². The summed E-state index contributed by atoms with van der Waals surface area (Å²) in [5.41, 5.74) is 0.928. The molecule has 0 saturated heterocycles. The van der Waals surface area contributed by atoms with Gasteiger partial charge in [0.05, 0.1) is 28.5 Å². The molecule has 0 aliphatic rings. The lowest BCUT2D eigenvalue weighted by Crippen LogP contribution is -2.38. The maximum absolute atomic E-state index is 13.4. The van der Waals surface area contributed by atoms with Gasteiger partial charge < -0.3 is 4.74 Å². The Morgan fingerprint density at radius 2 is 1.85 bits per heavy atom. The Bertz CT molecular complexity index is 1300. The first-order valence-corrected chi connectivity index (χ1v) is 13.5. The van der Waals surface area contributed by atoms with Crippen LogP contribution in [0.25, 0.3) is 0 Å². The van der Waals surface area contributed by atoms with E-state index in [9.17, 15) is 18.0 Å². The Labute approximate surface area is 214 Å². The molecule has 0 fully saturated rings. The monoisotopic (exact) mass is 560 g/mol. The number of methoxy groups -OCH3 is 1. The van der Waals surface area contributed by atoms with E-state index in [1.165, 1.54) is 37.4 Å². The molecule has 1 aromatic heterocycles. The van der Waals surface area contributed by atoms with Gasteiger partial charge in [-0.05, 0) is 37.3 Å². The highest BCUT2D eigenvalue weighted by molar-refractivity contribution is 8.01. The predicted octanol–water partition coefficient (Wildman–Crippen LogP) is 4.25. The van der Waals surface area contributed by atoms with Crippen LogP contribution in [0, 0.1) is 6.92 Å². The number of amides is 1. The Morgan fingerprint density at radius 1 is 1.15 bits per heavy atom. The number of halogens is 2. The van der Waals surface area contributed by atoms with Crippen LogP contribution in [0.5, 0.6) is 0 Å². The average Bonchev–Trinajstić information content (AvgIpc) is 3.25. The number of anilines is 2. The molecule has 1 amide bonds. The molecule has 1 N–H and O–H groups in total. The number of benzene rings is 2. The van der Waals surface area contributed by atoms with E-state index in [0.717, 1.165) is 33.0 Å². The number of nitrogens with zero attached hydrogens (tertiary/aromatic N) is 3. The van der Waals surface area contributed by atoms with E-state index >= 15 is 0 Å². The van der Waals surface area contributed by atoms with E-state index in [1.807, 2.05) is 6.92 Å². The molecule has 0 aliphatic heterocycles. The number of nitrogens with one attached hydrogen (secondary N) is 1. The van der Waals surface area contributed by atoms with Crippen molar-refractivity contribution in [2.75, 3.05) is 29.0 Å². The lowest BCUT2D eigenvalue weighted by Gasteiger charge is -2.25. The third-order valence-electron chi connectivity index (χ3n) is 4.27. The van der Waals surface area contributed by atoms with Crippen molar-refractivity contribution in [2.45, 2.75) is 16.2 Å². The molecule has 3 aromatic rings. The first kappa shape index (κ1) is 26.2.